The van der Waals surface area contributed by atoms with Crippen molar-refractivity contribution in [1.82, 2.24) is 9.88 Å². The van der Waals surface area contributed by atoms with Gasteiger partial charge in [0, 0.05) is 24.8 Å². The molecule has 2 aromatic rings. The summed E-state index contributed by atoms with van der Waals surface area (Å²) in [6.07, 6.45) is 3.26. The number of hydrogen-bond acceptors (Lipinski definition) is 2. The first-order valence-electron chi connectivity index (χ1n) is 5.82. The Balaban J connectivity index is 1.96. The van der Waals surface area contributed by atoms with E-state index in [1.54, 1.807) is 42.5 Å². The summed E-state index contributed by atoms with van der Waals surface area (Å²) in [6, 6.07) is 10.8. The zero-order chi connectivity index (χ0) is 13.7. The number of rotatable bonds is 3. The first kappa shape index (κ1) is 13.4. The van der Waals surface area contributed by atoms with Crippen LogP contribution in [-0.2, 0) is 6.54 Å². The molecule has 1 N–H and O–H groups in total. The van der Waals surface area contributed by atoms with Gasteiger partial charge in [0.15, 0.2) is 0 Å². The Morgan fingerprint density at radius 1 is 1.37 bits per heavy atom. The van der Waals surface area contributed by atoms with Gasteiger partial charge in [-0.2, -0.15) is 0 Å². The lowest BCUT2D eigenvalue weighted by atomic mass is 10.2. The molecule has 0 saturated carbocycles. The van der Waals surface area contributed by atoms with Crippen LogP contribution < -0.4 is 5.32 Å². The van der Waals surface area contributed by atoms with E-state index >= 15 is 0 Å². The van der Waals surface area contributed by atoms with E-state index in [-0.39, 0.29) is 6.03 Å². The van der Waals surface area contributed by atoms with Gasteiger partial charge in [-0.05, 0) is 29.8 Å². The van der Waals surface area contributed by atoms with Crippen molar-refractivity contribution < 1.29 is 4.79 Å². The number of hydrogen-bond donors (Lipinski definition) is 1. The predicted molar refractivity (Wildman–Crippen MR) is 76.2 cm³/mol. The third-order valence-corrected chi connectivity index (χ3v) is 2.80. The van der Waals surface area contributed by atoms with Gasteiger partial charge in [-0.3, -0.25) is 4.98 Å². The van der Waals surface area contributed by atoms with Gasteiger partial charge >= 0.3 is 6.03 Å². The topological polar surface area (TPSA) is 45.2 Å². The number of amides is 2. The highest BCUT2D eigenvalue weighted by atomic mass is 35.5. The monoisotopic (exact) mass is 275 g/mol. The van der Waals surface area contributed by atoms with E-state index in [1.807, 2.05) is 18.2 Å². The van der Waals surface area contributed by atoms with E-state index in [0.29, 0.717) is 17.3 Å². The molecule has 0 bridgehead atoms. The van der Waals surface area contributed by atoms with Crippen LogP contribution in [0, 0.1) is 0 Å². The quantitative estimate of drug-likeness (QED) is 0.933. The van der Waals surface area contributed by atoms with Crippen LogP contribution in [0.15, 0.2) is 48.8 Å². The molecular formula is C14H14ClN3O. The second kappa shape index (κ2) is 6.20. The summed E-state index contributed by atoms with van der Waals surface area (Å²) in [5.41, 5.74) is 1.65. The van der Waals surface area contributed by atoms with Gasteiger partial charge in [-0.15, -0.1) is 0 Å². The number of halogens is 1. The summed E-state index contributed by atoms with van der Waals surface area (Å²) in [5, 5.41) is 3.43. The predicted octanol–water partition coefficient (Wildman–Crippen LogP) is 3.40. The molecule has 0 aliphatic heterocycles. The van der Waals surface area contributed by atoms with Crippen molar-refractivity contribution in [2.45, 2.75) is 6.54 Å². The average Bonchev–Trinajstić information content (AvgIpc) is 2.40. The molecule has 1 aromatic heterocycles. The zero-order valence-electron chi connectivity index (χ0n) is 10.5. The maximum Gasteiger partial charge on any atom is 0.321 e. The lowest BCUT2D eigenvalue weighted by Gasteiger charge is -2.18. The lowest BCUT2D eigenvalue weighted by molar-refractivity contribution is 0.220. The Morgan fingerprint density at radius 2 is 2.21 bits per heavy atom. The summed E-state index contributed by atoms with van der Waals surface area (Å²) in [5.74, 6) is 0. The highest BCUT2D eigenvalue weighted by Gasteiger charge is 2.09. The minimum Gasteiger partial charge on any atom is -0.323 e. The van der Waals surface area contributed by atoms with E-state index in [2.05, 4.69) is 10.3 Å². The number of anilines is 1. The van der Waals surface area contributed by atoms with Crippen LogP contribution in [0.3, 0.4) is 0 Å². The van der Waals surface area contributed by atoms with E-state index < -0.39 is 0 Å². The molecule has 2 amide bonds. The molecule has 0 saturated heterocycles. The lowest BCUT2D eigenvalue weighted by Crippen LogP contribution is -2.30. The summed E-state index contributed by atoms with van der Waals surface area (Å²) >= 11 is 5.91. The number of pyridine rings is 1. The van der Waals surface area contributed by atoms with Crippen LogP contribution in [0.25, 0.3) is 0 Å². The summed E-state index contributed by atoms with van der Waals surface area (Å²) in [7, 11) is 1.73. The standard InChI is InChI=1S/C14H14ClN3O/c1-18(10-11-4-2-5-12(15)8-11)14(19)17-13-6-3-7-16-9-13/h2-9H,10H2,1H3,(H,17,19). The Morgan fingerprint density at radius 3 is 2.89 bits per heavy atom. The molecule has 0 spiro atoms. The molecule has 2 rings (SSSR count). The first-order valence-corrected chi connectivity index (χ1v) is 6.19. The molecule has 1 heterocycles. The third-order valence-electron chi connectivity index (χ3n) is 2.57. The van der Waals surface area contributed by atoms with E-state index in [9.17, 15) is 4.79 Å². The third kappa shape index (κ3) is 3.96. The second-order valence-electron chi connectivity index (χ2n) is 4.16. The molecule has 19 heavy (non-hydrogen) atoms. The molecule has 0 unspecified atom stereocenters. The molecule has 5 heteroatoms. The van der Waals surface area contributed by atoms with Gasteiger partial charge in [0.1, 0.15) is 0 Å². The van der Waals surface area contributed by atoms with Gasteiger partial charge in [0.05, 0.1) is 11.9 Å². The average molecular weight is 276 g/mol. The van der Waals surface area contributed by atoms with Crippen molar-refractivity contribution in [3.63, 3.8) is 0 Å². The highest BCUT2D eigenvalue weighted by Crippen LogP contribution is 2.13. The molecule has 98 valence electrons. The number of nitrogens with one attached hydrogen (secondary N) is 1. The number of benzene rings is 1. The van der Waals surface area contributed by atoms with Gasteiger partial charge < -0.3 is 10.2 Å². The number of carbonyl (C=O) groups is 1. The fourth-order valence-electron chi connectivity index (χ4n) is 1.64. The minimum absolute atomic E-state index is 0.187. The van der Waals surface area contributed by atoms with Crippen molar-refractivity contribution in [3.05, 3.63) is 59.4 Å². The number of nitrogens with zero attached hydrogens (tertiary/aromatic N) is 2. The van der Waals surface area contributed by atoms with Crippen LogP contribution in [0.5, 0.6) is 0 Å². The largest absolute Gasteiger partial charge is 0.323 e. The SMILES string of the molecule is CN(Cc1cccc(Cl)c1)C(=O)Nc1cccnc1. The van der Waals surface area contributed by atoms with Crippen molar-refractivity contribution >= 4 is 23.3 Å². The molecular weight excluding hydrogens is 262 g/mol. The number of aromatic nitrogens is 1. The molecule has 4 nitrogen and oxygen atoms in total. The summed E-state index contributed by atoms with van der Waals surface area (Å²) < 4.78 is 0. The molecule has 0 aliphatic carbocycles. The van der Waals surface area contributed by atoms with Crippen LogP contribution in [-0.4, -0.2) is 23.0 Å². The van der Waals surface area contributed by atoms with E-state index in [1.165, 1.54) is 0 Å². The summed E-state index contributed by atoms with van der Waals surface area (Å²) in [6.45, 7) is 0.493. The molecule has 0 radical (unpaired) electrons. The van der Waals surface area contributed by atoms with Crippen LogP contribution in [0.1, 0.15) is 5.56 Å². The van der Waals surface area contributed by atoms with Gasteiger partial charge in [-0.25, -0.2) is 4.79 Å². The Kier molecular flexibility index (Phi) is 4.36. The number of urea groups is 1. The van der Waals surface area contributed by atoms with Crippen LogP contribution in [0.4, 0.5) is 10.5 Å². The van der Waals surface area contributed by atoms with Crippen molar-refractivity contribution in [1.29, 1.82) is 0 Å². The van der Waals surface area contributed by atoms with Crippen molar-refractivity contribution in [3.8, 4) is 0 Å². The van der Waals surface area contributed by atoms with Crippen LogP contribution >= 0.6 is 11.6 Å². The van der Waals surface area contributed by atoms with Gasteiger partial charge in [-0.1, -0.05) is 23.7 Å². The fourth-order valence-corrected chi connectivity index (χ4v) is 1.85. The minimum atomic E-state index is -0.187. The maximum atomic E-state index is 12.0. The summed E-state index contributed by atoms with van der Waals surface area (Å²) in [4.78, 5) is 17.5. The van der Waals surface area contributed by atoms with Crippen molar-refractivity contribution in [2.24, 2.45) is 0 Å². The smallest absolute Gasteiger partial charge is 0.321 e. The number of carbonyl (C=O) groups excluding carboxylic acids is 1. The molecule has 1 aromatic carbocycles. The molecule has 0 atom stereocenters. The fraction of sp³-hybridized carbons (Fsp3) is 0.143. The van der Waals surface area contributed by atoms with E-state index in [4.69, 9.17) is 11.6 Å². The maximum absolute atomic E-state index is 12.0. The second-order valence-corrected chi connectivity index (χ2v) is 4.59. The Bertz CT molecular complexity index is 560. The molecule has 0 aliphatic rings. The van der Waals surface area contributed by atoms with Gasteiger partial charge in [0.25, 0.3) is 0 Å². The van der Waals surface area contributed by atoms with Crippen molar-refractivity contribution in [2.75, 3.05) is 12.4 Å². The van der Waals surface area contributed by atoms with Crippen LogP contribution in [0.2, 0.25) is 5.02 Å². The zero-order valence-corrected chi connectivity index (χ0v) is 11.3. The Labute approximate surface area is 117 Å². The normalized spacial score (nSPS) is 10.0. The Hall–Kier alpha value is -2.07. The van der Waals surface area contributed by atoms with E-state index in [0.717, 1.165) is 5.56 Å². The molecule has 0 fully saturated rings. The first-order chi connectivity index (χ1) is 9.15. The highest BCUT2D eigenvalue weighted by molar-refractivity contribution is 6.30. The van der Waals surface area contributed by atoms with Gasteiger partial charge in [0.2, 0.25) is 0 Å².